The fourth-order valence-corrected chi connectivity index (χ4v) is 2.59. The van der Waals surface area contributed by atoms with Crippen LogP contribution in [-0.2, 0) is 6.54 Å². The van der Waals surface area contributed by atoms with Crippen molar-refractivity contribution >= 4 is 21.8 Å². The summed E-state index contributed by atoms with van der Waals surface area (Å²) < 4.78 is 1.60. The monoisotopic (exact) mass is 288 g/mol. The van der Waals surface area contributed by atoms with E-state index in [2.05, 4.69) is 15.0 Å². The van der Waals surface area contributed by atoms with Crippen LogP contribution in [0.5, 0.6) is 0 Å². The average molecular weight is 288 g/mol. The first kappa shape index (κ1) is 12.6. The smallest absolute Gasteiger partial charge is 0.263 e. The molecule has 0 fully saturated rings. The van der Waals surface area contributed by atoms with Crippen molar-refractivity contribution in [3.63, 3.8) is 0 Å². The third-order valence-corrected chi connectivity index (χ3v) is 3.71. The van der Waals surface area contributed by atoms with Crippen molar-refractivity contribution in [1.29, 1.82) is 0 Å². The topological polar surface area (TPSA) is 60.7 Å². The van der Waals surface area contributed by atoms with Gasteiger partial charge in [0.2, 0.25) is 0 Å². The molecule has 5 heteroatoms. The first-order chi connectivity index (χ1) is 10.8. The van der Waals surface area contributed by atoms with Crippen molar-refractivity contribution in [2.24, 2.45) is 0 Å². The lowest BCUT2D eigenvalue weighted by atomic mass is 10.1. The van der Waals surface area contributed by atoms with Crippen LogP contribution in [0.4, 0.5) is 0 Å². The van der Waals surface area contributed by atoms with Gasteiger partial charge < -0.3 is 0 Å². The van der Waals surface area contributed by atoms with Gasteiger partial charge in [0, 0.05) is 24.0 Å². The molecule has 0 saturated heterocycles. The molecule has 3 heterocycles. The van der Waals surface area contributed by atoms with Crippen LogP contribution >= 0.6 is 0 Å². The Balaban J connectivity index is 1.86. The molecule has 0 unspecified atom stereocenters. The Hall–Kier alpha value is -3.08. The van der Waals surface area contributed by atoms with E-state index in [1.54, 1.807) is 35.6 Å². The average Bonchev–Trinajstić information content (AvgIpc) is 2.58. The van der Waals surface area contributed by atoms with Crippen molar-refractivity contribution in [2.45, 2.75) is 6.54 Å². The van der Waals surface area contributed by atoms with Gasteiger partial charge in [0.05, 0.1) is 29.3 Å². The molecule has 0 bridgehead atoms. The largest absolute Gasteiger partial charge is 0.294 e. The maximum Gasteiger partial charge on any atom is 0.263 e. The Morgan fingerprint density at radius 1 is 0.909 bits per heavy atom. The van der Waals surface area contributed by atoms with E-state index < -0.39 is 0 Å². The standard InChI is InChI=1S/C17H12N4O/c22-17-14-9-18-7-6-16(14)20-11-21(17)10-12-5-8-19-15-4-2-1-3-13(12)15/h1-9,11H,10H2. The molecule has 0 aliphatic carbocycles. The van der Waals surface area contributed by atoms with Gasteiger partial charge in [-0.2, -0.15) is 0 Å². The Morgan fingerprint density at radius 3 is 2.73 bits per heavy atom. The number of pyridine rings is 2. The molecule has 0 aliphatic heterocycles. The van der Waals surface area contributed by atoms with Crippen LogP contribution in [0, 0.1) is 0 Å². The van der Waals surface area contributed by atoms with Crippen molar-refractivity contribution in [1.82, 2.24) is 19.5 Å². The second-order valence-electron chi connectivity index (χ2n) is 5.06. The van der Waals surface area contributed by atoms with Crippen molar-refractivity contribution in [3.05, 3.63) is 77.2 Å². The predicted octanol–water partition coefficient (Wildman–Crippen LogP) is 2.39. The molecule has 22 heavy (non-hydrogen) atoms. The molecule has 4 rings (SSSR count). The molecule has 3 aromatic heterocycles. The van der Waals surface area contributed by atoms with Crippen LogP contribution in [0.15, 0.2) is 66.1 Å². The second kappa shape index (κ2) is 5.04. The van der Waals surface area contributed by atoms with Gasteiger partial charge >= 0.3 is 0 Å². The number of rotatable bonds is 2. The highest BCUT2D eigenvalue weighted by Crippen LogP contribution is 2.16. The van der Waals surface area contributed by atoms with E-state index in [4.69, 9.17) is 0 Å². The molecule has 0 radical (unpaired) electrons. The number of nitrogens with zero attached hydrogens (tertiary/aromatic N) is 4. The lowest BCUT2D eigenvalue weighted by molar-refractivity contribution is 0.751. The fourth-order valence-electron chi connectivity index (χ4n) is 2.59. The Kier molecular flexibility index (Phi) is 2.89. The zero-order valence-electron chi connectivity index (χ0n) is 11.7. The highest BCUT2D eigenvalue weighted by Gasteiger charge is 2.07. The molecule has 0 N–H and O–H groups in total. The first-order valence-electron chi connectivity index (χ1n) is 6.95. The van der Waals surface area contributed by atoms with Crippen LogP contribution in [0.2, 0.25) is 0 Å². The summed E-state index contributed by atoms with van der Waals surface area (Å²) in [6.07, 6.45) is 6.54. The Bertz CT molecular complexity index is 1030. The normalized spacial score (nSPS) is 11.1. The molecule has 0 amide bonds. The maximum absolute atomic E-state index is 12.5. The lowest BCUT2D eigenvalue weighted by Gasteiger charge is -2.09. The Labute approximate surface area is 125 Å². The quantitative estimate of drug-likeness (QED) is 0.568. The summed E-state index contributed by atoms with van der Waals surface area (Å²) >= 11 is 0. The van der Waals surface area contributed by atoms with Gasteiger partial charge in [0.25, 0.3) is 5.56 Å². The third kappa shape index (κ3) is 2.03. The van der Waals surface area contributed by atoms with Gasteiger partial charge in [-0.1, -0.05) is 18.2 Å². The van der Waals surface area contributed by atoms with E-state index in [-0.39, 0.29) is 5.56 Å². The minimum Gasteiger partial charge on any atom is -0.294 e. The van der Waals surface area contributed by atoms with Gasteiger partial charge in [0.1, 0.15) is 0 Å². The Morgan fingerprint density at radius 2 is 1.77 bits per heavy atom. The highest BCUT2D eigenvalue weighted by molar-refractivity contribution is 5.82. The summed E-state index contributed by atoms with van der Waals surface area (Å²) in [5.41, 5.74) is 2.54. The molecule has 106 valence electrons. The second-order valence-corrected chi connectivity index (χ2v) is 5.06. The predicted molar refractivity (Wildman–Crippen MR) is 84.6 cm³/mol. The summed E-state index contributed by atoms with van der Waals surface area (Å²) in [5.74, 6) is 0. The van der Waals surface area contributed by atoms with E-state index >= 15 is 0 Å². The number of hydrogen-bond acceptors (Lipinski definition) is 4. The molecule has 5 nitrogen and oxygen atoms in total. The number of para-hydroxylation sites is 1. The molecule has 0 atom stereocenters. The highest BCUT2D eigenvalue weighted by atomic mass is 16.1. The zero-order chi connectivity index (χ0) is 14.9. The van der Waals surface area contributed by atoms with Gasteiger partial charge in [-0.05, 0) is 23.8 Å². The van der Waals surface area contributed by atoms with Crippen LogP contribution < -0.4 is 5.56 Å². The maximum atomic E-state index is 12.5. The molecule has 0 spiro atoms. The molecule has 0 aliphatic rings. The zero-order valence-corrected chi connectivity index (χ0v) is 11.7. The van der Waals surface area contributed by atoms with Crippen LogP contribution in [0.3, 0.4) is 0 Å². The molecular formula is C17H12N4O. The van der Waals surface area contributed by atoms with Gasteiger partial charge in [-0.3, -0.25) is 19.3 Å². The van der Waals surface area contributed by atoms with E-state index in [1.165, 1.54) is 0 Å². The minimum atomic E-state index is -0.0843. The molecule has 1 aromatic carbocycles. The van der Waals surface area contributed by atoms with Crippen molar-refractivity contribution in [3.8, 4) is 0 Å². The molecule has 4 aromatic rings. The first-order valence-corrected chi connectivity index (χ1v) is 6.95. The number of hydrogen-bond donors (Lipinski definition) is 0. The van der Waals surface area contributed by atoms with Crippen LogP contribution in [-0.4, -0.2) is 19.5 Å². The van der Waals surface area contributed by atoms with Crippen molar-refractivity contribution in [2.75, 3.05) is 0 Å². The summed E-state index contributed by atoms with van der Waals surface area (Å²) in [6.45, 7) is 0.458. The van der Waals surface area contributed by atoms with Crippen LogP contribution in [0.1, 0.15) is 5.56 Å². The van der Waals surface area contributed by atoms with E-state index in [9.17, 15) is 4.79 Å². The SMILES string of the molecule is O=c1c2cnccc2ncn1Cc1ccnc2ccccc12. The summed E-state index contributed by atoms with van der Waals surface area (Å²) in [7, 11) is 0. The summed E-state index contributed by atoms with van der Waals surface area (Å²) in [5, 5.41) is 1.58. The number of fused-ring (bicyclic) bond motifs is 2. The van der Waals surface area contributed by atoms with Crippen molar-refractivity contribution < 1.29 is 0 Å². The molecule has 0 saturated carbocycles. The molecular weight excluding hydrogens is 276 g/mol. The number of benzene rings is 1. The summed E-state index contributed by atoms with van der Waals surface area (Å²) in [4.78, 5) is 25.2. The lowest BCUT2D eigenvalue weighted by Crippen LogP contribution is -2.21. The van der Waals surface area contributed by atoms with E-state index in [0.29, 0.717) is 17.4 Å². The van der Waals surface area contributed by atoms with E-state index in [1.807, 2.05) is 30.3 Å². The van der Waals surface area contributed by atoms with Gasteiger partial charge in [-0.15, -0.1) is 0 Å². The number of aromatic nitrogens is 4. The van der Waals surface area contributed by atoms with Crippen LogP contribution in [0.25, 0.3) is 21.8 Å². The fraction of sp³-hybridized carbons (Fsp3) is 0.0588. The summed E-state index contributed by atoms with van der Waals surface area (Å²) in [6, 6.07) is 11.6. The van der Waals surface area contributed by atoms with Gasteiger partial charge in [-0.25, -0.2) is 4.98 Å². The third-order valence-electron chi connectivity index (χ3n) is 3.71. The van der Waals surface area contributed by atoms with E-state index in [0.717, 1.165) is 16.5 Å². The van der Waals surface area contributed by atoms with Gasteiger partial charge in [0.15, 0.2) is 0 Å². The minimum absolute atomic E-state index is 0.0843.